The topological polar surface area (TPSA) is 6.48 Å². The Morgan fingerprint density at radius 3 is 2.00 bits per heavy atom. The molecule has 2 nitrogen and oxygen atoms in total. The van der Waals surface area contributed by atoms with E-state index in [1.165, 1.54) is 0 Å². The van der Waals surface area contributed by atoms with Crippen molar-refractivity contribution < 1.29 is 0 Å². The lowest BCUT2D eigenvalue weighted by molar-refractivity contribution is 0.145. The average molecular weight is 134 g/mol. The van der Waals surface area contributed by atoms with Gasteiger partial charge in [0.15, 0.2) is 0 Å². The lowest BCUT2D eigenvalue weighted by Gasteiger charge is -2.23. The van der Waals surface area contributed by atoms with Gasteiger partial charge in [0, 0.05) is 20.6 Å². The largest absolute Gasteiger partial charge is 0.236 e. The standard InChI is InChI=1S/C5H14N2S/c1-5-6(2)7(3)8-4/h5H2,1-4H3. The molecule has 3 heteroatoms. The SMILES string of the molecule is CCN(C)N(C)SC. The van der Waals surface area contributed by atoms with Crippen molar-refractivity contribution in [3.63, 3.8) is 0 Å². The second-order valence-corrected chi connectivity index (χ2v) is 2.51. The second-order valence-electron chi connectivity index (χ2n) is 1.62. The summed E-state index contributed by atoms with van der Waals surface area (Å²) >= 11 is 1.72. The molecule has 8 heavy (non-hydrogen) atoms. The third kappa shape index (κ3) is 2.55. The van der Waals surface area contributed by atoms with Gasteiger partial charge < -0.3 is 0 Å². The van der Waals surface area contributed by atoms with Crippen LogP contribution in [0.3, 0.4) is 0 Å². The fraction of sp³-hybridized carbons (Fsp3) is 1.00. The molecule has 0 N–H and O–H groups in total. The molecule has 0 aromatic carbocycles. The second kappa shape index (κ2) is 4.18. The van der Waals surface area contributed by atoms with Gasteiger partial charge >= 0.3 is 0 Å². The smallest absolute Gasteiger partial charge is 0.0133 e. The molecule has 0 saturated heterocycles. The molecule has 0 bridgehead atoms. The first-order valence-electron chi connectivity index (χ1n) is 2.71. The summed E-state index contributed by atoms with van der Waals surface area (Å²) in [5.41, 5.74) is 0. The molecule has 0 aliphatic rings. The van der Waals surface area contributed by atoms with Gasteiger partial charge in [-0.15, -0.1) is 0 Å². The summed E-state index contributed by atoms with van der Waals surface area (Å²) < 4.78 is 2.10. The van der Waals surface area contributed by atoms with Gasteiger partial charge in [0.25, 0.3) is 0 Å². The zero-order chi connectivity index (χ0) is 6.57. The highest BCUT2D eigenvalue weighted by Gasteiger charge is 1.97. The quantitative estimate of drug-likeness (QED) is 0.421. The highest BCUT2D eigenvalue weighted by atomic mass is 32.2. The van der Waals surface area contributed by atoms with Crippen LogP contribution in [0.25, 0.3) is 0 Å². The Kier molecular flexibility index (Phi) is 4.32. The Labute approximate surface area is 55.9 Å². The summed E-state index contributed by atoms with van der Waals surface area (Å²) in [6.45, 7) is 3.20. The van der Waals surface area contributed by atoms with Gasteiger partial charge in [0.2, 0.25) is 0 Å². The van der Waals surface area contributed by atoms with Gasteiger partial charge in [-0.05, 0) is 6.26 Å². The minimum atomic E-state index is 1.07. The van der Waals surface area contributed by atoms with Crippen molar-refractivity contribution in [2.24, 2.45) is 0 Å². The van der Waals surface area contributed by atoms with Crippen LogP contribution in [0.15, 0.2) is 0 Å². The van der Waals surface area contributed by atoms with Crippen molar-refractivity contribution in [3.05, 3.63) is 0 Å². The maximum absolute atomic E-state index is 2.14. The van der Waals surface area contributed by atoms with Crippen molar-refractivity contribution in [1.29, 1.82) is 0 Å². The van der Waals surface area contributed by atoms with Gasteiger partial charge in [-0.2, -0.15) is 4.41 Å². The molecule has 0 rings (SSSR count). The van der Waals surface area contributed by atoms with Gasteiger partial charge in [0.05, 0.1) is 0 Å². The molecule has 50 valence electrons. The molecule has 0 radical (unpaired) electrons. The van der Waals surface area contributed by atoms with Crippen LogP contribution in [0.4, 0.5) is 0 Å². The van der Waals surface area contributed by atoms with Crippen LogP contribution in [0.1, 0.15) is 6.92 Å². The Morgan fingerprint density at radius 2 is 1.88 bits per heavy atom. The van der Waals surface area contributed by atoms with E-state index < -0.39 is 0 Å². The highest BCUT2D eigenvalue weighted by molar-refractivity contribution is 7.96. The number of hydrazine groups is 1. The molecule has 0 amide bonds. The van der Waals surface area contributed by atoms with Gasteiger partial charge in [-0.25, -0.2) is 5.01 Å². The third-order valence-corrected chi connectivity index (χ3v) is 2.01. The number of nitrogens with zero attached hydrogens (tertiary/aromatic N) is 2. The first-order chi connectivity index (χ1) is 3.72. The molecule has 0 saturated carbocycles. The Morgan fingerprint density at radius 1 is 1.38 bits per heavy atom. The summed E-state index contributed by atoms with van der Waals surface area (Å²) in [4.78, 5) is 0. The molecular weight excluding hydrogens is 120 g/mol. The van der Waals surface area contributed by atoms with E-state index in [1.54, 1.807) is 11.9 Å². The molecule has 0 aliphatic carbocycles. The monoisotopic (exact) mass is 134 g/mol. The first kappa shape index (κ1) is 8.27. The van der Waals surface area contributed by atoms with Crippen LogP contribution in [0, 0.1) is 0 Å². The molecular formula is C5H14N2S. The van der Waals surface area contributed by atoms with Crippen molar-refractivity contribution >= 4 is 11.9 Å². The molecule has 0 spiro atoms. The predicted molar refractivity (Wildman–Crippen MR) is 39.6 cm³/mol. The van der Waals surface area contributed by atoms with E-state index in [2.05, 4.69) is 29.7 Å². The van der Waals surface area contributed by atoms with E-state index >= 15 is 0 Å². The van der Waals surface area contributed by atoms with E-state index in [9.17, 15) is 0 Å². The van der Waals surface area contributed by atoms with E-state index in [-0.39, 0.29) is 0 Å². The lowest BCUT2D eigenvalue weighted by Crippen LogP contribution is -2.30. The highest BCUT2D eigenvalue weighted by Crippen LogP contribution is 2.01. The third-order valence-electron chi connectivity index (χ3n) is 1.20. The number of hydrogen-bond acceptors (Lipinski definition) is 3. The minimum Gasteiger partial charge on any atom is -0.236 e. The average Bonchev–Trinajstić information content (AvgIpc) is 1.84. The lowest BCUT2D eigenvalue weighted by atomic mass is 10.7. The fourth-order valence-electron chi connectivity index (χ4n) is 0.339. The van der Waals surface area contributed by atoms with Gasteiger partial charge in [0.1, 0.15) is 0 Å². The van der Waals surface area contributed by atoms with E-state index in [0.29, 0.717) is 0 Å². The van der Waals surface area contributed by atoms with E-state index in [4.69, 9.17) is 0 Å². The molecule has 0 heterocycles. The summed E-state index contributed by atoms with van der Waals surface area (Å²) in [6.07, 6.45) is 2.06. The zero-order valence-corrected chi connectivity index (χ0v) is 6.83. The van der Waals surface area contributed by atoms with E-state index in [1.807, 2.05) is 7.05 Å². The Balaban J connectivity index is 3.29. The minimum absolute atomic E-state index is 1.07. The fourth-order valence-corrected chi connectivity index (χ4v) is 0.733. The van der Waals surface area contributed by atoms with Gasteiger partial charge in [-0.1, -0.05) is 18.9 Å². The Bertz CT molecular complexity index is 50.4. The number of rotatable bonds is 3. The summed E-state index contributed by atoms with van der Waals surface area (Å²) in [5.74, 6) is 0. The Hall–Kier alpha value is 0.270. The molecule has 0 atom stereocenters. The summed E-state index contributed by atoms with van der Waals surface area (Å²) in [5, 5.41) is 2.14. The molecule has 0 aliphatic heterocycles. The molecule has 0 unspecified atom stereocenters. The van der Waals surface area contributed by atoms with Gasteiger partial charge in [-0.3, -0.25) is 0 Å². The van der Waals surface area contributed by atoms with Crippen molar-refractivity contribution in [2.75, 3.05) is 26.9 Å². The van der Waals surface area contributed by atoms with Crippen molar-refractivity contribution in [2.45, 2.75) is 6.92 Å². The first-order valence-corrected chi connectivity index (χ1v) is 3.89. The maximum atomic E-state index is 2.14. The van der Waals surface area contributed by atoms with Crippen molar-refractivity contribution in [1.82, 2.24) is 9.42 Å². The van der Waals surface area contributed by atoms with Crippen molar-refractivity contribution in [3.8, 4) is 0 Å². The van der Waals surface area contributed by atoms with E-state index in [0.717, 1.165) is 6.54 Å². The predicted octanol–water partition coefficient (Wildman–Crippen LogP) is 1.06. The summed E-state index contributed by atoms with van der Waals surface area (Å²) in [6, 6.07) is 0. The molecule has 0 fully saturated rings. The van der Waals surface area contributed by atoms with Crippen LogP contribution < -0.4 is 0 Å². The van der Waals surface area contributed by atoms with Crippen LogP contribution in [0.5, 0.6) is 0 Å². The summed E-state index contributed by atoms with van der Waals surface area (Å²) in [7, 11) is 4.12. The van der Waals surface area contributed by atoms with Crippen LogP contribution in [0.2, 0.25) is 0 Å². The van der Waals surface area contributed by atoms with Crippen LogP contribution >= 0.6 is 11.9 Å². The van der Waals surface area contributed by atoms with Crippen LogP contribution in [-0.2, 0) is 0 Å². The zero-order valence-electron chi connectivity index (χ0n) is 6.01. The molecule has 0 aromatic rings. The van der Waals surface area contributed by atoms with Crippen LogP contribution in [-0.4, -0.2) is 36.3 Å². The normalized spacial score (nSPS) is 11.2. The maximum Gasteiger partial charge on any atom is 0.0133 e. The number of hydrogen-bond donors (Lipinski definition) is 0. The molecule has 0 aromatic heterocycles.